The first-order valence-electron chi connectivity index (χ1n) is 9.12. The smallest absolute Gasteiger partial charge is 0.407 e. The highest BCUT2D eigenvalue weighted by Crippen LogP contribution is 2.47. The maximum atomic E-state index is 11.4. The number of ether oxygens (including phenoxy) is 1. The number of alkyl carbamates (subject to hydrolysis) is 1. The first-order chi connectivity index (χ1) is 13.0. The topological polar surface area (TPSA) is 84.5 Å². The van der Waals surface area contributed by atoms with Gasteiger partial charge in [0.15, 0.2) is 0 Å². The predicted molar refractivity (Wildman–Crippen MR) is 121 cm³/mol. The Balaban J connectivity index is 0.000000521. The highest BCUT2D eigenvalue weighted by molar-refractivity contribution is 9.58. The van der Waals surface area contributed by atoms with E-state index < -0.39 is 8.46 Å². The maximum absolute atomic E-state index is 11.4. The molecule has 1 atom stereocenters. The van der Waals surface area contributed by atoms with Gasteiger partial charge in [0.25, 0.3) is 0 Å². The molecule has 6 nitrogen and oxygen atoms in total. The Morgan fingerprint density at radius 2 is 1.79 bits per heavy atom. The van der Waals surface area contributed by atoms with Crippen molar-refractivity contribution in [2.75, 3.05) is 18.3 Å². The van der Waals surface area contributed by atoms with Gasteiger partial charge < -0.3 is 15.4 Å². The van der Waals surface area contributed by atoms with Crippen molar-refractivity contribution < 1.29 is 19.1 Å². The third kappa shape index (κ3) is 16.6. The highest BCUT2D eigenvalue weighted by Gasteiger charge is 2.13. The quantitative estimate of drug-likeness (QED) is 0.496. The molecule has 0 aliphatic carbocycles. The highest BCUT2D eigenvalue weighted by atomic mass is 79.9. The van der Waals surface area contributed by atoms with Crippen molar-refractivity contribution >= 4 is 41.6 Å². The van der Waals surface area contributed by atoms with Crippen LogP contribution in [-0.2, 0) is 20.9 Å². The summed E-state index contributed by atoms with van der Waals surface area (Å²) in [6.07, 6.45) is 5.68. The third-order valence-electron chi connectivity index (χ3n) is 3.33. The van der Waals surface area contributed by atoms with Crippen LogP contribution in [0.1, 0.15) is 39.2 Å². The van der Waals surface area contributed by atoms with Crippen molar-refractivity contribution in [3.63, 3.8) is 0 Å². The number of Topliss-reactive ketones (excluding diaryl/α,β-unsaturated/α-hetero) is 1. The van der Waals surface area contributed by atoms with Crippen molar-refractivity contribution in [2.45, 2.75) is 52.3 Å². The number of benzene rings is 1. The summed E-state index contributed by atoms with van der Waals surface area (Å²) in [5, 5.41) is 5.28. The van der Waals surface area contributed by atoms with Crippen LogP contribution in [0, 0.1) is 0 Å². The molecular weight excluding hydrogens is 444 g/mol. The fourth-order valence-corrected chi connectivity index (χ4v) is 3.71. The number of halogens is 1. The molecule has 1 aromatic rings. The molecule has 1 aromatic carbocycles. The van der Waals surface area contributed by atoms with Crippen LogP contribution in [0.15, 0.2) is 30.3 Å². The standard InChI is InChI=1S/C11H15NO2.C9H18BrNO2S/c1-9(2)12-11(13)14-8-10-6-4-3-5-7-10;1-8(11-7-12)4-5-9(13)6-14(2,3)10/h3-7,9H,8H2,1-2H3,(H,12,13);7-8H,4-6H2,1-3H3,(H,11,12). The van der Waals surface area contributed by atoms with Gasteiger partial charge in [0.1, 0.15) is 12.4 Å². The SMILES string of the molecule is CC(C)NC(=O)OCc1ccccc1.CC(CCC(=O)CS(C)(C)Br)NC=O. The number of amides is 2. The van der Waals surface area contributed by atoms with Crippen molar-refractivity contribution in [3.8, 4) is 0 Å². The summed E-state index contributed by atoms with van der Waals surface area (Å²) < 4.78 is 4.99. The lowest BCUT2D eigenvalue weighted by Gasteiger charge is -2.21. The van der Waals surface area contributed by atoms with Crippen LogP contribution < -0.4 is 10.6 Å². The van der Waals surface area contributed by atoms with Crippen LogP contribution in [0.3, 0.4) is 0 Å². The molecule has 1 rings (SSSR count). The van der Waals surface area contributed by atoms with E-state index in [4.69, 9.17) is 4.74 Å². The average Bonchev–Trinajstić information content (AvgIpc) is 2.58. The van der Waals surface area contributed by atoms with Gasteiger partial charge in [-0.2, -0.15) is 8.46 Å². The molecule has 0 saturated heterocycles. The monoisotopic (exact) mass is 476 g/mol. The Bertz CT molecular complexity index is 592. The minimum Gasteiger partial charge on any atom is -0.445 e. The molecule has 0 aliphatic heterocycles. The van der Waals surface area contributed by atoms with Crippen molar-refractivity contribution in [3.05, 3.63) is 35.9 Å². The minimum absolute atomic E-state index is 0.0879. The zero-order chi connectivity index (χ0) is 21.6. The van der Waals surface area contributed by atoms with Crippen LogP contribution >= 0.6 is 23.3 Å². The molecule has 0 aliphatic rings. The zero-order valence-corrected chi connectivity index (χ0v) is 19.8. The number of hydrogen-bond donors (Lipinski definition) is 2. The summed E-state index contributed by atoms with van der Waals surface area (Å²) in [5.41, 5.74) is 0.992. The number of hydrogen-bond acceptors (Lipinski definition) is 4. The second kappa shape index (κ2) is 14.5. The molecule has 0 fully saturated rings. The summed E-state index contributed by atoms with van der Waals surface area (Å²) in [5.74, 6) is 0.877. The summed E-state index contributed by atoms with van der Waals surface area (Å²) in [6.45, 7) is 6.00. The average molecular weight is 477 g/mol. The molecule has 28 heavy (non-hydrogen) atoms. The Morgan fingerprint density at radius 3 is 2.29 bits per heavy atom. The Morgan fingerprint density at radius 1 is 1.18 bits per heavy atom. The normalized spacial score (nSPS) is 12.2. The zero-order valence-electron chi connectivity index (χ0n) is 17.4. The fraction of sp³-hybridized carbons (Fsp3) is 0.550. The molecule has 1 unspecified atom stereocenters. The number of carbonyl (C=O) groups excluding carboxylic acids is 3. The number of rotatable bonds is 10. The fourth-order valence-electron chi connectivity index (χ4n) is 2.03. The lowest BCUT2D eigenvalue weighted by molar-refractivity contribution is -0.117. The molecule has 0 aromatic heterocycles. The first kappa shape index (κ1) is 26.5. The summed E-state index contributed by atoms with van der Waals surface area (Å²) in [6, 6.07) is 9.80. The molecular formula is C20H33BrN2O4S. The first-order valence-corrected chi connectivity index (χ1v) is 13.6. The second-order valence-electron chi connectivity index (χ2n) is 7.17. The van der Waals surface area contributed by atoms with Crippen LogP contribution in [0.2, 0.25) is 0 Å². The van der Waals surface area contributed by atoms with Gasteiger partial charge >= 0.3 is 6.09 Å². The number of carbonyl (C=O) groups is 3. The molecule has 0 saturated carbocycles. The van der Waals surface area contributed by atoms with Gasteiger partial charge in [-0.3, -0.25) is 9.59 Å². The van der Waals surface area contributed by atoms with Crippen LogP contribution in [-0.4, -0.2) is 48.6 Å². The summed E-state index contributed by atoms with van der Waals surface area (Å²) in [4.78, 5) is 32.6. The van der Waals surface area contributed by atoms with E-state index in [2.05, 4.69) is 38.0 Å². The van der Waals surface area contributed by atoms with Crippen molar-refractivity contribution in [2.24, 2.45) is 0 Å². The second-order valence-corrected chi connectivity index (χ2v) is 15.5. The Hall–Kier alpha value is -1.54. The van der Waals surface area contributed by atoms with Crippen molar-refractivity contribution in [1.29, 1.82) is 0 Å². The molecule has 0 radical (unpaired) electrons. The molecule has 0 spiro atoms. The molecule has 0 heterocycles. The van der Waals surface area contributed by atoms with E-state index in [-0.39, 0.29) is 24.0 Å². The Labute approximate surface area is 177 Å². The van der Waals surface area contributed by atoms with Gasteiger partial charge in [-0.1, -0.05) is 30.3 Å². The largest absolute Gasteiger partial charge is 0.445 e. The summed E-state index contributed by atoms with van der Waals surface area (Å²) in [7, 11) is -0.911. The van der Waals surface area contributed by atoms with E-state index in [9.17, 15) is 14.4 Å². The molecule has 160 valence electrons. The van der Waals surface area contributed by atoms with Crippen LogP contribution in [0.5, 0.6) is 0 Å². The van der Waals surface area contributed by atoms with E-state index in [1.807, 2.05) is 51.1 Å². The van der Waals surface area contributed by atoms with E-state index in [0.717, 1.165) is 12.0 Å². The molecule has 0 bridgehead atoms. The third-order valence-corrected chi connectivity index (χ3v) is 5.03. The van der Waals surface area contributed by atoms with Crippen LogP contribution in [0.25, 0.3) is 0 Å². The maximum Gasteiger partial charge on any atom is 0.407 e. The van der Waals surface area contributed by atoms with Gasteiger partial charge in [0, 0.05) is 24.3 Å². The molecule has 2 amide bonds. The van der Waals surface area contributed by atoms with E-state index in [1.54, 1.807) is 0 Å². The van der Waals surface area contributed by atoms with E-state index in [0.29, 0.717) is 25.2 Å². The molecule has 8 heteroatoms. The van der Waals surface area contributed by atoms with Gasteiger partial charge in [-0.05, 0) is 60.1 Å². The lowest BCUT2D eigenvalue weighted by atomic mass is 10.1. The Kier molecular flexibility index (Phi) is 13.7. The van der Waals surface area contributed by atoms with Crippen LogP contribution in [0.4, 0.5) is 4.79 Å². The lowest BCUT2D eigenvalue weighted by Crippen LogP contribution is -2.30. The van der Waals surface area contributed by atoms with Crippen molar-refractivity contribution in [1.82, 2.24) is 10.6 Å². The van der Waals surface area contributed by atoms with Gasteiger partial charge in [-0.15, -0.1) is 0 Å². The van der Waals surface area contributed by atoms with E-state index in [1.165, 1.54) is 0 Å². The number of ketones is 1. The molecule has 2 N–H and O–H groups in total. The van der Waals surface area contributed by atoms with Gasteiger partial charge in [0.2, 0.25) is 6.41 Å². The minimum atomic E-state index is -0.911. The predicted octanol–water partition coefficient (Wildman–Crippen LogP) is 4.17. The summed E-state index contributed by atoms with van der Waals surface area (Å²) >= 11 is 3.51. The van der Waals surface area contributed by atoms with Gasteiger partial charge in [0.05, 0.1) is 0 Å². The number of nitrogens with one attached hydrogen (secondary N) is 2. The van der Waals surface area contributed by atoms with Gasteiger partial charge in [-0.25, -0.2) is 4.79 Å². The van der Waals surface area contributed by atoms with E-state index >= 15 is 0 Å².